The van der Waals surface area contributed by atoms with Crippen molar-refractivity contribution in [3.05, 3.63) is 66.4 Å². The quantitative estimate of drug-likeness (QED) is 0.679. The van der Waals surface area contributed by atoms with Gasteiger partial charge in [0.05, 0.1) is 0 Å². The number of H-pyrrole nitrogens is 1. The molecule has 3 aromatic rings. The van der Waals surface area contributed by atoms with Gasteiger partial charge in [-0.25, -0.2) is 0 Å². The first-order chi connectivity index (χ1) is 12.4. The number of aromatic nitrogens is 1. The molecule has 0 unspecified atom stereocenters. The number of nitrogens with zero attached hydrogens (tertiary/aromatic N) is 2. The molecule has 2 aromatic carbocycles. The van der Waals surface area contributed by atoms with E-state index in [4.69, 9.17) is 0 Å². The van der Waals surface area contributed by atoms with Crippen molar-refractivity contribution in [1.29, 1.82) is 0 Å². The third kappa shape index (κ3) is 3.88. The van der Waals surface area contributed by atoms with Crippen molar-refractivity contribution in [2.75, 3.05) is 37.6 Å². The second-order valence-electron chi connectivity index (χ2n) is 6.98. The number of anilines is 1. The van der Waals surface area contributed by atoms with Crippen LogP contribution in [-0.2, 0) is 6.42 Å². The highest BCUT2D eigenvalue weighted by Gasteiger charge is 2.16. The Labute approximate surface area is 150 Å². The van der Waals surface area contributed by atoms with Gasteiger partial charge in [-0.3, -0.25) is 4.90 Å². The van der Waals surface area contributed by atoms with Gasteiger partial charge in [-0.05, 0) is 49.6 Å². The number of fused-ring (bicyclic) bond motifs is 1. The minimum absolute atomic E-state index is 1.15. The molecule has 0 aliphatic carbocycles. The van der Waals surface area contributed by atoms with Crippen molar-refractivity contribution in [3.8, 4) is 0 Å². The zero-order valence-electron chi connectivity index (χ0n) is 14.8. The summed E-state index contributed by atoms with van der Waals surface area (Å²) in [7, 11) is 0. The standard InChI is InChI=1S/C22H27N3/c1-2-9-20(10-3-1)25-16-14-24(15-17-25)13-7-6-8-19-18-23-22-12-5-4-11-21(19)22/h1-5,9-12,18,23H,6-8,13-17H2. The van der Waals surface area contributed by atoms with Crippen LogP contribution in [0.4, 0.5) is 5.69 Å². The van der Waals surface area contributed by atoms with Crippen molar-refractivity contribution < 1.29 is 0 Å². The lowest BCUT2D eigenvalue weighted by molar-refractivity contribution is 0.253. The lowest BCUT2D eigenvalue weighted by Gasteiger charge is -2.36. The van der Waals surface area contributed by atoms with Crippen LogP contribution in [0, 0.1) is 0 Å². The highest BCUT2D eigenvalue weighted by molar-refractivity contribution is 5.82. The number of aryl methyl sites for hydroxylation is 1. The number of unbranched alkanes of at least 4 members (excludes halogenated alkanes) is 1. The maximum atomic E-state index is 3.38. The Balaban J connectivity index is 1.20. The Kier molecular flexibility index (Phi) is 5.03. The molecule has 1 N–H and O–H groups in total. The van der Waals surface area contributed by atoms with Crippen LogP contribution in [0.3, 0.4) is 0 Å². The largest absolute Gasteiger partial charge is 0.369 e. The van der Waals surface area contributed by atoms with Crippen molar-refractivity contribution in [2.24, 2.45) is 0 Å². The molecule has 25 heavy (non-hydrogen) atoms. The summed E-state index contributed by atoms with van der Waals surface area (Å²) in [5, 5.41) is 1.39. The second kappa shape index (κ2) is 7.75. The minimum atomic E-state index is 1.15. The zero-order chi connectivity index (χ0) is 16.9. The van der Waals surface area contributed by atoms with Crippen molar-refractivity contribution in [1.82, 2.24) is 9.88 Å². The fourth-order valence-electron chi connectivity index (χ4n) is 3.86. The van der Waals surface area contributed by atoms with Gasteiger partial charge in [0, 0.05) is 49.0 Å². The maximum Gasteiger partial charge on any atom is 0.0456 e. The molecule has 0 atom stereocenters. The Hall–Kier alpha value is -2.26. The lowest BCUT2D eigenvalue weighted by Crippen LogP contribution is -2.46. The average Bonchev–Trinajstić information content (AvgIpc) is 3.10. The van der Waals surface area contributed by atoms with Crippen LogP contribution in [0.15, 0.2) is 60.8 Å². The molecule has 4 rings (SSSR count). The van der Waals surface area contributed by atoms with Crippen LogP contribution in [-0.4, -0.2) is 42.6 Å². The van der Waals surface area contributed by atoms with Crippen LogP contribution in [0.2, 0.25) is 0 Å². The molecule has 0 bridgehead atoms. The van der Waals surface area contributed by atoms with Gasteiger partial charge in [-0.1, -0.05) is 36.4 Å². The Bertz CT molecular complexity index is 785. The smallest absolute Gasteiger partial charge is 0.0456 e. The molecule has 1 aromatic heterocycles. The van der Waals surface area contributed by atoms with Gasteiger partial charge in [0.25, 0.3) is 0 Å². The molecule has 1 aliphatic heterocycles. The molecule has 1 fully saturated rings. The predicted molar refractivity (Wildman–Crippen MR) is 106 cm³/mol. The average molecular weight is 333 g/mol. The molecule has 0 spiro atoms. The monoisotopic (exact) mass is 333 g/mol. The van der Waals surface area contributed by atoms with Crippen LogP contribution in [0.1, 0.15) is 18.4 Å². The predicted octanol–water partition coefficient (Wildman–Crippen LogP) is 4.31. The van der Waals surface area contributed by atoms with Gasteiger partial charge >= 0.3 is 0 Å². The van der Waals surface area contributed by atoms with Crippen LogP contribution < -0.4 is 4.90 Å². The molecule has 0 saturated carbocycles. The van der Waals surface area contributed by atoms with E-state index in [-0.39, 0.29) is 0 Å². The molecule has 0 radical (unpaired) electrons. The fraction of sp³-hybridized carbons (Fsp3) is 0.364. The molecule has 1 saturated heterocycles. The van der Waals surface area contributed by atoms with Gasteiger partial charge in [-0.2, -0.15) is 0 Å². The Morgan fingerprint density at radius 3 is 2.40 bits per heavy atom. The van der Waals surface area contributed by atoms with E-state index in [0.717, 1.165) is 13.1 Å². The topological polar surface area (TPSA) is 22.3 Å². The highest BCUT2D eigenvalue weighted by atomic mass is 15.3. The molecule has 3 heteroatoms. The Morgan fingerprint density at radius 2 is 1.56 bits per heavy atom. The summed E-state index contributed by atoms with van der Waals surface area (Å²) in [6.07, 6.45) is 5.91. The summed E-state index contributed by atoms with van der Waals surface area (Å²) in [4.78, 5) is 8.51. The first kappa shape index (κ1) is 16.2. The van der Waals surface area contributed by atoms with E-state index >= 15 is 0 Å². The SMILES string of the molecule is c1ccc(N2CCN(CCCCc3c[nH]c4ccccc34)CC2)cc1. The minimum Gasteiger partial charge on any atom is -0.369 e. The van der Waals surface area contributed by atoms with Crippen LogP contribution >= 0.6 is 0 Å². The van der Waals surface area contributed by atoms with Gasteiger partial charge in [0.2, 0.25) is 0 Å². The zero-order valence-corrected chi connectivity index (χ0v) is 14.8. The van der Waals surface area contributed by atoms with Crippen LogP contribution in [0.5, 0.6) is 0 Å². The van der Waals surface area contributed by atoms with E-state index in [1.165, 1.54) is 61.1 Å². The molecule has 3 nitrogen and oxygen atoms in total. The van der Waals surface area contributed by atoms with E-state index in [0.29, 0.717) is 0 Å². The molecule has 2 heterocycles. The summed E-state index contributed by atoms with van der Waals surface area (Å²) in [6.45, 7) is 5.88. The summed E-state index contributed by atoms with van der Waals surface area (Å²) in [5.74, 6) is 0. The van der Waals surface area contributed by atoms with E-state index < -0.39 is 0 Å². The van der Waals surface area contributed by atoms with E-state index in [2.05, 4.69) is 75.6 Å². The summed E-state index contributed by atoms with van der Waals surface area (Å²) >= 11 is 0. The third-order valence-corrected chi connectivity index (χ3v) is 5.34. The summed E-state index contributed by atoms with van der Waals surface area (Å²) in [5.41, 5.74) is 4.08. The highest BCUT2D eigenvalue weighted by Crippen LogP contribution is 2.20. The first-order valence-corrected chi connectivity index (χ1v) is 9.47. The third-order valence-electron chi connectivity index (χ3n) is 5.34. The number of para-hydroxylation sites is 2. The van der Waals surface area contributed by atoms with Crippen LogP contribution in [0.25, 0.3) is 10.9 Å². The number of hydrogen-bond acceptors (Lipinski definition) is 2. The van der Waals surface area contributed by atoms with Gasteiger partial charge in [-0.15, -0.1) is 0 Å². The first-order valence-electron chi connectivity index (χ1n) is 9.47. The summed E-state index contributed by atoms with van der Waals surface area (Å²) in [6, 6.07) is 19.4. The van der Waals surface area contributed by atoms with Gasteiger partial charge in [0.15, 0.2) is 0 Å². The van der Waals surface area contributed by atoms with Crippen molar-refractivity contribution in [2.45, 2.75) is 19.3 Å². The fourth-order valence-corrected chi connectivity index (χ4v) is 3.86. The number of piperazine rings is 1. The number of benzene rings is 2. The number of nitrogens with one attached hydrogen (secondary N) is 1. The Morgan fingerprint density at radius 1 is 0.800 bits per heavy atom. The molecular weight excluding hydrogens is 306 g/mol. The maximum absolute atomic E-state index is 3.38. The molecule has 0 amide bonds. The van der Waals surface area contributed by atoms with E-state index in [1.807, 2.05) is 0 Å². The van der Waals surface area contributed by atoms with E-state index in [1.54, 1.807) is 0 Å². The number of aromatic amines is 1. The van der Waals surface area contributed by atoms with Gasteiger partial charge in [0.1, 0.15) is 0 Å². The van der Waals surface area contributed by atoms with Gasteiger partial charge < -0.3 is 9.88 Å². The number of hydrogen-bond donors (Lipinski definition) is 1. The van der Waals surface area contributed by atoms with E-state index in [9.17, 15) is 0 Å². The molecular formula is C22H27N3. The lowest BCUT2D eigenvalue weighted by atomic mass is 10.1. The van der Waals surface area contributed by atoms with Crippen molar-refractivity contribution >= 4 is 16.6 Å². The molecule has 130 valence electrons. The second-order valence-corrected chi connectivity index (χ2v) is 6.98. The number of rotatable bonds is 6. The van der Waals surface area contributed by atoms with Crippen molar-refractivity contribution in [3.63, 3.8) is 0 Å². The summed E-state index contributed by atoms with van der Waals surface area (Å²) < 4.78 is 0. The normalized spacial score (nSPS) is 15.8. The molecule has 1 aliphatic rings.